The molecule has 0 saturated heterocycles. The smallest absolute Gasteiger partial charge is 0.246 e. The molecule has 154 valence electrons. The summed E-state index contributed by atoms with van der Waals surface area (Å²) in [6.07, 6.45) is 5.61. The summed E-state index contributed by atoms with van der Waals surface area (Å²) in [7, 11) is 4.04. The third-order valence-corrected chi connectivity index (χ3v) is 4.91. The highest BCUT2D eigenvalue weighted by Crippen LogP contribution is 2.42. The van der Waals surface area contributed by atoms with E-state index in [9.17, 15) is 4.39 Å². The molecule has 0 bridgehead atoms. The Balaban J connectivity index is 1.60. The number of hydrogen-bond acceptors (Lipinski definition) is 6. The monoisotopic (exact) mass is 407 g/mol. The van der Waals surface area contributed by atoms with Crippen LogP contribution in [0.2, 0.25) is 0 Å². The van der Waals surface area contributed by atoms with Gasteiger partial charge in [0.15, 0.2) is 0 Å². The van der Waals surface area contributed by atoms with E-state index in [0.717, 1.165) is 28.3 Å². The van der Waals surface area contributed by atoms with Crippen molar-refractivity contribution in [2.75, 3.05) is 26.0 Å². The lowest BCUT2D eigenvalue weighted by Crippen LogP contribution is -2.32. The van der Waals surface area contributed by atoms with Gasteiger partial charge >= 0.3 is 0 Å². The van der Waals surface area contributed by atoms with E-state index in [1.807, 2.05) is 46.3 Å². The van der Waals surface area contributed by atoms with Gasteiger partial charge in [-0.25, -0.2) is 9.97 Å². The molecule has 0 saturated carbocycles. The quantitative estimate of drug-likeness (QED) is 0.492. The topological polar surface area (TPSA) is 72.8 Å². The standard InChI is InChI=1S/C22H24FN6O/c1-5-30-22-19-16(12-29(3,4)21(19)25-13-26-22)10-15-7-9-18(28-20(15)23)27-17-8-6-14(2)24-11-17/h6-9,11-13H,5,10H2,1-4H3,(H,27,28)/q+1. The molecular formula is C22H24FN6O+. The second-order valence-corrected chi connectivity index (χ2v) is 7.64. The molecule has 0 unspecified atom stereocenters. The summed E-state index contributed by atoms with van der Waals surface area (Å²) in [6, 6.07) is 7.27. The third kappa shape index (κ3) is 3.86. The van der Waals surface area contributed by atoms with Gasteiger partial charge in [-0.05, 0) is 32.0 Å². The van der Waals surface area contributed by atoms with E-state index >= 15 is 0 Å². The van der Waals surface area contributed by atoms with Gasteiger partial charge in [0, 0.05) is 23.3 Å². The number of rotatable bonds is 6. The van der Waals surface area contributed by atoms with Gasteiger partial charge in [0.1, 0.15) is 23.9 Å². The van der Waals surface area contributed by atoms with E-state index in [-0.39, 0.29) is 0 Å². The lowest BCUT2D eigenvalue weighted by atomic mass is 10.0. The maximum Gasteiger partial charge on any atom is 0.246 e. The molecule has 3 aromatic heterocycles. The number of fused-ring (bicyclic) bond motifs is 1. The zero-order valence-electron chi connectivity index (χ0n) is 17.5. The van der Waals surface area contributed by atoms with Gasteiger partial charge in [0.05, 0.1) is 32.6 Å². The molecule has 30 heavy (non-hydrogen) atoms. The fourth-order valence-corrected chi connectivity index (χ4v) is 3.53. The van der Waals surface area contributed by atoms with Gasteiger partial charge in [-0.3, -0.25) is 9.47 Å². The van der Waals surface area contributed by atoms with Crippen molar-refractivity contribution in [3.63, 3.8) is 0 Å². The third-order valence-electron chi connectivity index (χ3n) is 4.91. The van der Waals surface area contributed by atoms with Crippen LogP contribution in [0.15, 0.2) is 43.0 Å². The molecule has 4 rings (SSSR count). The molecule has 0 spiro atoms. The molecule has 8 heteroatoms. The van der Waals surface area contributed by atoms with Crippen LogP contribution in [0.4, 0.5) is 21.7 Å². The molecular weight excluding hydrogens is 383 g/mol. The Morgan fingerprint density at radius 3 is 2.63 bits per heavy atom. The first-order valence-electron chi connectivity index (χ1n) is 9.76. The molecule has 0 aliphatic carbocycles. The largest absolute Gasteiger partial charge is 0.477 e. The van der Waals surface area contributed by atoms with Crippen LogP contribution < -0.4 is 14.5 Å². The van der Waals surface area contributed by atoms with Gasteiger partial charge in [-0.2, -0.15) is 9.37 Å². The summed E-state index contributed by atoms with van der Waals surface area (Å²) in [5, 5.41) is 3.08. The molecule has 1 N–H and O–H groups in total. The minimum Gasteiger partial charge on any atom is -0.477 e. The lowest BCUT2D eigenvalue weighted by Gasteiger charge is -2.19. The maximum atomic E-state index is 14.8. The van der Waals surface area contributed by atoms with Crippen molar-refractivity contribution in [2.24, 2.45) is 0 Å². The maximum absolute atomic E-state index is 14.8. The zero-order valence-corrected chi connectivity index (χ0v) is 17.5. The van der Waals surface area contributed by atoms with Crippen molar-refractivity contribution in [1.82, 2.24) is 24.4 Å². The minimum absolute atomic E-state index is 0.368. The van der Waals surface area contributed by atoms with E-state index in [1.165, 1.54) is 6.33 Å². The highest BCUT2D eigenvalue weighted by Gasteiger charge is 2.36. The number of allylic oxidation sites excluding steroid dienone is 1. The Kier molecular flexibility index (Phi) is 5.17. The summed E-state index contributed by atoms with van der Waals surface area (Å²) in [6.45, 7) is 4.31. The summed E-state index contributed by atoms with van der Waals surface area (Å²) >= 11 is 0. The number of nitrogens with zero attached hydrogens (tertiary/aromatic N) is 5. The number of quaternary nitrogens is 1. The first-order valence-corrected chi connectivity index (χ1v) is 9.76. The van der Waals surface area contributed by atoms with E-state index < -0.39 is 5.95 Å². The fourth-order valence-electron chi connectivity index (χ4n) is 3.53. The van der Waals surface area contributed by atoms with Crippen molar-refractivity contribution in [2.45, 2.75) is 20.3 Å². The molecule has 0 amide bonds. The van der Waals surface area contributed by atoms with E-state index in [4.69, 9.17) is 4.74 Å². The normalized spacial score (nSPS) is 14.2. The average Bonchev–Trinajstić information content (AvgIpc) is 2.97. The predicted molar refractivity (Wildman–Crippen MR) is 115 cm³/mol. The first-order chi connectivity index (χ1) is 14.4. The van der Waals surface area contributed by atoms with Crippen LogP contribution >= 0.6 is 0 Å². The summed E-state index contributed by atoms with van der Waals surface area (Å²) < 4.78 is 21.0. The number of halogens is 1. The van der Waals surface area contributed by atoms with Gasteiger partial charge in [-0.15, -0.1) is 0 Å². The van der Waals surface area contributed by atoms with Gasteiger partial charge in [-0.1, -0.05) is 6.07 Å². The van der Waals surface area contributed by atoms with Crippen LogP contribution in [0.1, 0.15) is 23.7 Å². The minimum atomic E-state index is -0.519. The van der Waals surface area contributed by atoms with E-state index in [0.29, 0.717) is 34.8 Å². The van der Waals surface area contributed by atoms with E-state index in [1.54, 1.807) is 18.3 Å². The van der Waals surface area contributed by atoms with Gasteiger partial charge in [0.25, 0.3) is 0 Å². The zero-order chi connectivity index (χ0) is 21.3. The second-order valence-electron chi connectivity index (χ2n) is 7.64. The molecule has 0 fully saturated rings. The van der Waals surface area contributed by atoms with Crippen molar-refractivity contribution in [1.29, 1.82) is 0 Å². The number of pyridine rings is 2. The Bertz CT molecular complexity index is 1110. The summed E-state index contributed by atoms with van der Waals surface area (Å²) in [4.78, 5) is 17.0. The van der Waals surface area contributed by atoms with Crippen molar-refractivity contribution in [3.05, 3.63) is 65.8 Å². The number of ether oxygens (including phenoxy) is 1. The molecule has 1 aliphatic rings. The van der Waals surface area contributed by atoms with Gasteiger partial charge in [0.2, 0.25) is 17.6 Å². The SMILES string of the molecule is CCOc1ncnc2c1C(Cc1ccc(Nc3ccc(C)nc3)nc1F)=C[N+]2(C)C. The first kappa shape index (κ1) is 19.9. The highest BCUT2D eigenvalue weighted by atomic mass is 19.1. The molecule has 0 atom stereocenters. The molecule has 0 aromatic carbocycles. The number of hydrogen-bond donors (Lipinski definition) is 1. The van der Waals surface area contributed by atoms with Crippen LogP contribution in [0, 0.1) is 12.9 Å². The fraction of sp³-hybridized carbons (Fsp3) is 0.273. The second kappa shape index (κ2) is 7.79. The molecule has 3 aromatic rings. The Labute approximate surface area is 174 Å². The van der Waals surface area contributed by atoms with Gasteiger partial charge < -0.3 is 10.1 Å². The van der Waals surface area contributed by atoms with Crippen molar-refractivity contribution >= 4 is 22.9 Å². The predicted octanol–water partition coefficient (Wildman–Crippen LogP) is 4.02. The number of aromatic nitrogens is 4. The van der Waals surface area contributed by atoms with Crippen LogP contribution in [0.25, 0.3) is 5.57 Å². The van der Waals surface area contributed by atoms with Crippen molar-refractivity contribution < 1.29 is 9.13 Å². The Morgan fingerprint density at radius 2 is 1.93 bits per heavy atom. The summed E-state index contributed by atoms with van der Waals surface area (Å²) in [5.41, 5.74) is 3.91. The Morgan fingerprint density at radius 1 is 1.10 bits per heavy atom. The van der Waals surface area contributed by atoms with Crippen LogP contribution in [-0.4, -0.2) is 40.6 Å². The van der Waals surface area contributed by atoms with Crippen LogP contribution in [0.3, 0.4) is 0 Å². The summed E-state index contributed by atoms with van der Waals surface area (Å²) in [5.74, 6) is 1.27. The molecule has 7 nitrogen and oxygen atoms in total. The molecule has 4 heterocycles. The lowest BCUT2D eigenvalue weighted by molar-refractivity contribution is 0.324. The number of aryl methyl sites for hydroxylation is 1. The van der Waals surface area contributed by atoms with Crippen LogP contribution in [-0.2, 0) is 6.42 Å². The van der Waals surface area contributed by atoms with E-state index in [2.05, 4.69) is 25.3 Å². The Hall–Kier alpha value is -3.39. The average molecular weight is 407 g/mol. The number of anilines is 2. The van der Waals surface area contributed by atoms with Crippen molar-refractivity contribution in [3.8, 4) is 5.88 Å². The molecule has 0 radical (unpaired) electrons. The van der Waals surface area contributed by atoms with Crippen LogP contribution in [0.5, 0.6) is 5.88 Å². The highest BCUT2D eigenvalue weighted by molar-refractivity contribution is 5.84. The molecule has 1 aliphatic heterocycles. The number of nitrogens with one attached hydrogen (secondary N) is 1.